The molecule has 120 valence electrons. The number of ether oxygens (including phenoxy) is 1. The summed E-state index contributed by atoms with van der Waals surface area (Å²) in [6, 6.07) is 0. The molecule has 2 heterocycles. The van der Waals surface area contributed by atoms with Gasteiger partial charge in [0, 0.05) is 19.6 Å². The smallest absolute Gasteiger partial charge is 0.317 e. The second-order valence-electron chi connectivity index (χ2n) is 5.76. The van der Waals surface area contributed by atoms with Crippen LogP contribution in [0.5, 0.6) is 0 Å². The SMILES string of the molecule is O=C(O)CNCC1CCCN(CC(=O)N2CCOCC2)C1. The van der Waals surface area contributed by atoms with Gasteiger partial charge in [0.05, 0.1) is 26.3 Å². The number of carbonyl (C=O) groups excluding carboxylic acids is 1. The van der Waals surface area contributed by atoms with Crippen molar-refractivity contribution in [1.82, 2.24) is 15.1 Å². The van der Waals surface area contributed by atoms with Gasteiger partial charge in [-0.3, -0.25) is 14.5 Å². The fraction of sp³-hybridized carbons (Fsp3) is 0.857. The summed E-state index contributed by atoms with van der Waals surface area (Å²) in [5.74, 6) is -0.224. The van der Waals surface area contributed by atoms with E-state index in [1.807, 2.05) is 4.90 Å². The first-order chi connectivity index (χ1) is 10.1. The standard InChI is InChI=1S/C14H25N3O4/c18-13(17-4-6-21-7-5-17)11-16-3-1-2-12(10-16)8-15-9-14(19)20/h12,15H,1-11H2,(H,19,20). The van der Waals surface area contributed by atoms with Gasteiger partial charge in [-0.05, 0) is 31.8 Å². The van der Waals surface area contributed by atoms with Crippen molar-refractivity contribution in [3.63, 3.8) is 0 Å². The lowest BCUT2D eigenvalue weighted by Gasteiger charge is -2.34. The highest BCUT2D eigenvalue weighted by Gasteiger charge is 2.24. The third-order valence-electron chi connectivity index (χ3n) is 4.04. The van der Waals surface area contributed by atoms with Gasteiger partial charge in [0.2, 0.25) is 5.91 Å². The lowest BCUT2D eigenvalue weighted by molar-refractivity contribution is -0.137. The van der Waals surface area contributed by atoms with Gasteiger partial charge >= 0.3 is 5.97 Å². The Morgan fingerprint density at radius 1 is 1.24 bits per heavy atom. The van der Waals surface area contributed by atoms with E-state index in [1.165, 1.54) is 0 Å². The lowest BCUT2D eigenvalue weighted by Crippen LogP contribution is -2.48. The van der Waals surface area contributed by atoms with Gasteiger partial charge in [-0.25, -0.2) is 0 Å². The van der Waals surface area contributed by atoms with Crippen LogP contribution in [0.25, 0.3) is 0 Å². The normalized spacial score (nSPS) is 24.0. The molecule has 21 heavy (non-hydrogen) atoms. The summed E-state index contributed by atoms with van der Waals surface area (Å²) in [6.45, 7) is 5.63. The molecule has 7 heteroatoms. The van der Waals surface area contributed by atoms with Crippen molar-refractivity contribution in [2.24, 2.45) is 5.92 Å². The first kappa shape index (κ1) is 16.2. The molecule has 2 aliphatic rings. The maximum Gasteiger partial charge on any atom is 0.317 e. The summed E-state index contributed by atoms with van der Waals surface area (Å²) in [5, 5.41) is 11.6. The van der Waals surface area contributed by atoms with Gasteiger partial charge < -0.3 is 20.1 Å². The molecule has 2 saturated heterocycles. The van der Waals surface area contributed by atoms with E-state index in [2.05, 4.69) is 10.2 Å². The van der Waals surface area contributed by atoms with Crippen LogP contribution >= 0.6 is 0 Å². The third kappa shape index (κ3) is 5.61. The largest absolute Gasteiger partial charge is 0.480 e. The third-order valence-corrected chi connectivity index (χ3v) is 4.04. The fourth-order valence-corrected chi connectivity index (χ4v) is 2.95. The van der Waals surface area contributed by atoms with E-state index >= 15 is 0 Å². The van der Waals surface area contributed by atoms with Crippen molar-refractivity contribution in [2.75, 3.05) is 59.0 Å². The molecule has 0 aliphatic carbocycles. The molecule has 1 atom stereocenters. The molecular formula is C14H25N3O4. The van der Waals surface area contributed by atoms with Crippen LogP contribution in [0.4, 0.5) is 0 Å². The second-order valence-corrected chi connectivity index (χ2v) is 5.76. The fourth-order valence-electron chi connectivity index (χ4n) is 2.95. The Hall–Kier alpha value is -1.18. The minimum Gasteiger partial charge on any atom is -0.480 e. The van der Waals surface area contributed by atoms with E-state index in [-0.39, 0.29) is 12.5 Å². The zero-order valence-corrected chi connectivity index (χ0v) is 12.4. The van der Waals surface area contributed by atoms with Crippen molar-refractivity contribution in [2.45, 2.75) is 12.8 Å². The molecule has 1 amide bonds. The van der Waals surface area contributed by atoms with Crippen LogP contribution in [0.3, 0.4) is 0 Å². The molecule has 7 nitrogen and oxygen atoms in total. The lowest BCUT2D eigenvalue weighted by atomic mass is 9.98. The first-order valence-corrected chi connectivity index (χ1v) is 7.65. The Morgan fingerprint density at radius 2 is 2.00 bits per heavy atom. The van der Waals surface area contributed by atoms with E-state index in [9.17, 15) is 9.59 Å². The molecule has 2 aliphatic heterocycles. The predicted octanol–water partition coefficient (Wildman–Crippen LogP) is -0.769. The number of hydrogen-bond acceptors (Lipinski definition) is 5. The van der Waals surface area contributed by atoms with Crippen molar-refractivity contribution >= 4 is 11.9 Å². The summed E-state index contributed by atoms with van der Waals surface area (Å²) in [6.07, 6.45) is 2.16. The zero-order chi connectivity index (χ0) is 15.1. The molecule has 2 rings (SSSR count). The van der Waals surface area contributed by atoms with Crippen LogP contribution in [-0.2, 0) is 14.3 Å². The Balaban J connectivity index is 1.70. The summed E-state index contributed by atoms with van der Waals surface area (Å²) in [5.41, 5.74) is 0. The quantitative estimate of drug-likeness (QED) is 0.670. The molecule has 0 saturated carbocycles. The number of nitrogens with one attached hydrogen (secondary N) is 1. The predicted molar refractivity (Wildman–Crippen MR) is 77.1 cm³/mol. The van der Waals surface area contributed by atoms with Crippen LogP contribution < -0.4 is 5.32 Å². The highest BCUT2D eigenvalue weighted by Crippen LogP contribution is 2.15. The molecule has 2 N–H and O–H groups in total. The number of amides is 1. The van der Waals surface area contributed by atoms with Crippen LogP contribution in [0.15, 0.2) is 0 Å². The number of hydrogen-bond donors (Lipinski definition) is 2. The molecule has 1 unspecified atom stereocenters. The topological polar surface area (TPSA) is 82.1 Å². The molecule has 0 radical (unpaired) electrons. The van der Waals surface area contributed by atoms with E-state index in [0.29, 0.717) is 45.3 Å². The van der Waals surface area contributed by atoms with Gasteiger partial charge in [-0.2, -0.15) is 0 Å². The monoisotopic (exact) mass is 299 g/mol. The summed E-state index contributed by atoms with van der Waals surface area (Å²) < 4.78 is 5.26. The maximum absolute atomic E-state index is 12.2. The van der Waals surface area contributed by atoms with Gasteiger partial charge in [0.25, 0.3) is 0 Å². The van der Waals surface area contributed by atoms with Crippen molar-refractivity contribution in [3.05, 3.63) is 0 Å². The number of likely N-dealkylation sites (tertiary alicyclic amines) is 1. The Kier molecular flexibility index (Phi) is 6.41. The van der Waals surface area contributed by atoms with Crippen LogP contribution in [-0.4, -0.2) is 85.8 Å². The molecule has 0 spiro atoms. The molecule has 2 fully saturated rings. The maximum atomic E-state index is 12.2. The Labute approximate surface area is 125 Å². The van der Waals surface area contributed by atoms with Crippen LogP contribution in [0.1, 0.15) is 12.8 Å². The summed E-state index contributed by atoms with van der Waals surface area (Å²) >= 11 is 0. The van der Waals surface area contributed by atoms with Crippen molar-refractivity contribution in [3.8, 4) is 0 Å². The van der Waals surface area contributed by atoms with E-state index in [4.69, 9.17) is 9.84 Å². The number of aliphatic carboxylic acids is 1. The average molecular weight is 299 g/mol. The molecule has 0 aromatic heterocycles. The molecular weight excluding hydrogens is 274 g/mol. The van der Waals surface area contributed by atoms with E-state index in [0.717, 1.165) is 25.9 Å². The average Bonchev–Trinajstić information content (AvgIpc) is 2.48. The Bertz CT molecular complexity index is 358. The van der Waals surface area contributed by atoms with Crippen LogP contribution in [0.2, 0.25) is 0 Å². The van der Waals surface area contributed by atoms with Gasteiger partial charge in [0.15, 0.2) is 0 Å². The van der Waals surface area contributed by atoms with E-state index in [1.54, 1.807) is 0 Å². The minimum atomic E-state index is -0.829. The highest BCUT2D eigenvalue weighted by atomic mass is 16.5. The number of carboxylic acid groups (broad SMARTS) is 1. The zero-order valence-electron chi connectivity index (χ0n) is 12.4. The van der Waals surface area contributed by atoms with Crippen LogP contribution in [0, 0.1) is 5.92 Å². The second kappa shape index (κ2) is 8.31. The van der Waals surface area contributed by atoms with E-state index < -0.39 is 5.97 Å². The number of piperidine rings is 1. The van der Waals surface area contributed by atoms with Gasteiger partial charge in [0.1, 0.15) is 0 Å². The number of nitrogens with zero attached hydrogens (tertiary/aromatic N) is 2. The first-order valence-electron chi connectivity index (χ1n) is 7.65. The minimum absolute atomic E-state index is 0.00318. The molecule has 0 aromatic rings. The van der Waals surface area contributed by atoms with Gasteiger partial charge in [-0.1, -0.05) is 0 Å². The van der Waals surface area contributed by atoms with Crippen molar-refractivity contribution in [1.29, 1.82) is 0 Å². The number of carbonyl (C=O) groups is 2. The Morgan fingerprint density at radius 3 is 2.71 bits per heavy atom. The summed E-state index contributed by atoms with van der Waals surface area (Å²) in [7, 11) is 0. The highest BCUT2D eigenvalue weighted by molar-refractivity contribution is 5.78. The van der Waals surface area contributed by atoms with Crippen molar-refractivity contribution < 1.29 is 19.4 Å². The summed E-state index contributed by atoms with van der Waals surface area (Å²) in [4.78, 5) is 26.8. The molecule has 0 bridgehead atoms. The number of carboxylic acids is 1. The van der Waals surface area contributed by atoms with Gasteiger partial charge in [-0.15, -0.1) is 0 Å². The number of rotatable bonds is 6. The molecule has 0 aromatic carbocycles. The number of morpholine rings is 1.